The number of halogens is 4. The van der Waals surface area contributed by atoms with E-state index in [0.717, 1.165) is 12.1 Å². The van der Waals surface area contributed by atoms with Crippen molar-refractivity contribution in [3.8, 4) is 11.1 Å². The summed E-state index contributed by atoms with van der Waals surface area (Å²) in [5.74, 6) is -1.11. The zero-order valence-electron chi connectivity index (χ0n) is 17.7. The van der Waals surface area contributed by atoms with Crippen LogP contribution in [0.4, 0.5) is 13.2 Å². The average molecular weight is 509 g/mol. The van der Waals surface area contributed by atoms with Crippen LogP contribution in [-0.4, -0.2) is 20.2 Å². The van der Waals surface area contributed by atoms with Crippen molar-refractivity contribution >= 4 is 27.3 Å². The Hall–Kier alpha value is -3.30. The predicted octanol–water partition coefficient (Wildman–Crippen LogP) is 5.18. The van der Waals surface area contributed by atoms with Crippen LogP contribution in [0.2, 0.25) is 5.02 Å². The molecule has 1 amide bonds. The van der Waals surface area contributed by atoms with Crippen molar-refractivity contribution in [3.05, 3.63) is 101 Å². The summed E-state index contributed by atoms with van der Waals surface area (Å²) >= 11 is 5.76. The van der Waals surface area contributed by atoms with Gasteiger partial charge in [-0.3, -0.25) is 4.79 Å². The van der Waals surface area contributed by atoms with Crippen molar-refractivity contribution in [3.63, 3.8) is 0 Å². The molecule has 0 radical (unpaired) electrons. The highest BCUT2D eigenvalue weighted by Gasteiger charge is 2.30. The number of amides is 1. The minimum atomic E-state index is -4.41. The van der Waals surface area contributed by atoms with Gasteiger partial charge in [0.05, 0.1) is 16.2 Å². The minimum absolute atomic E-state index is 0.0534. The number of benzene rings is 3. The Balaban J connectivity index is 1.57. The molecule has 0 saturated heterocycles. The molecule has 3 aromatic rings. The van der Waals surface area contributed by atoms with E-state index in [-0.39, 0.29) is 17.1 Å². The second-order valence-electron chi connectivity index (χ2n) is 7.33. The SMILES string of the molecule is C=C(NCS(=O)(=O)c1ccc(Cl)cc1)C(=O)NCc1cccc(-c2ccc(C(F)(F)F)cc2)c1. The van der Waals surface area contributed by atoms with Gasteiger partial charge in [0.25, 0.3) is 5.91 Å². The van der Waals surface area contributed by atoms with Gasteiger partial charge in [-0.1, -0.05) is 48.5 Å². The molecule has 3 aromatic carbocycles. The van der Waals surface area contributed by atoms with Crippen molar-refractivity contribution in [1.29, 1.82) is 0 Å². The van der Waals surface area contributed by atoms with Crippen molar-refractivity contribution in [2.24, 2.45) is 0 Å². The predicted molar refractivity (Wildman–Crippen MR) is 125 cm³/mol. The van der Waals surface area contributed by atoms with Crippen LogP contribution in [0.15, 0.2) is 90.0 Å². The molecule has 178 valence electrons. The van der Waals surface area contributed by atoms with Crippen LogP contribution in [-0.2, 0) is 27.4 Å². The lowest BCUT2D eigenvalue weighted by Gasteiger charge is -2.12. The first-order chi connectivity index (χ1) is 16.0. The Morgan fingerprint density at radius 2 is 1.56 bits per heavy atom. The number of alkyl halides is 3. The third-order valence-corrected chi connectivity index (χ3v) is 6.61. The molecule has 0 spiro atoms. The average Bonchev–Trinajstić information content (AvgIpc) is 2.81. The summed E-state index contributed by atoms with van der Waals surface area (Å²) in [5.41, 5.74) is 1.12. The molecule has 0 saturated carbocycles. The maximum atomic E-state index is 12.8. The highest BCUT2D eigenvalue weighted by atomic mass is 35.5. The van der Waals surface area contributed by atoms with Gasteiger partial charge in [-0.25, -0.2) is 8.42 Å². The normalized spacial score (nSPS) is 11.6. The van der Waals surface area contributed by atoms with Gasteiger partial charge in [0.1, 0.15) is 5.88 Å². The van der Waals surface area contributed by atoms with Crippen molar-refractivity contribution < 1.29 is 26.4 Å². The standard InChI is InChI=1S/C24H20ClF3N2O3S/c1-16(30-15-34(32,33)22-11-9-21(25)10-12-22)23(31)29-14-17-3-2-4-19(13-17)18-5-7-20(8-6-18)24(26,27)28/h2-13,30H,1,14-15H2,(H,29,31). The Labute approximate surface area is 200 Å². The van der Waals surface area contributed by atoms with Crippen LogP contribution in [0, 0.1) is 0 Å². The van der Waals surface area contributed by atoms with Crippen LogP contribution < -0.4 is 10.6 Å². The van der Waals surface area contributed by atoms with E-state index in [9.17, 15) is 26.4 Å². The molecule has 34 heavy (non-hydrogen) atoms. The van der Waals surface area contributed by atoms with Crippen LogP contribution in [0.5, 0.6) is 0 Å². The first kappa shape index (κ1) is 25.3. The van der Waals surface area contributed by atoms with E-state index in [1.165, 1.54) is 36.4 Å². The third-order valence-electron chi connectivity index (χ3n) is 4.85. The maximum Gasteiger partial charge on any atom is 0.416 e. The topological polar surface area (TPSA) is 75.3 Å². The molecule has 0 fully saturated rings. The van der Waals surface area contributed by atoms with E-state index in [2.05, 4.69) is 17.2 Å². The number of carbonyl (C=O) groups excluding carboxylic acids is 1. The molecule has 0 bridgehead atoms. The van der Waals surface area contributed by atoms with Crippen molar-refractivity contribution in [2.45, 2.75) is 17.6 Å². The monoisotopic (exact) mass is 508 g/mol. The molecule has 0 aliphatic rings. The molecular formula is C24H20ClF3N2O3S. The van der Waals surface area contributed by atoms with E-state index in [1.54, 1.807) is 24.3 Å². The number of nitrogens with one attached hydrogen (secondary N) is 2. The summed E-state index contributed by atoms with van der Waals surface area (Å²) in [4.78, 5) is 12.4. The molecule has 0 atom stereocenters. The Morgan fingerprint density at radius 1 is 0.912 bits per heavy atom. The zero-order valence-corrected chi connectivity index (χ0v) is 19.3. The van der Waals surface area contributed by atoms with Gasteiger partial charge in [0.15, 0.2) is 9.84 Å². The van der Waals surface area contributed by atoms with Crippen LogP contribution in [0.25, 0.3) is 11.1 Å². The third kappa shape index (κ3) is 6.61. The summed E-state index contributed by atoms with van der Waals surface area (Å²) < 4.78 is 63.0. The maximum absolute atomic E-state index is 12.8. The van der Waals surface area contributed by atoms with Crippen LogP contribution >= 0.6 is 11.6 Å². The number of sulfone groups is 1. The highest BCUT2D eigenvalue weighted by Crippen LogP contribution is 2.31. The summed E-state index contributed by atoms with van der Waals surface area (Å²) in [6.45, 7) is 3.68. The Bertz CT molecular complexity index is 1290. The molecule has 5 nitrogen and oxygen atoms in total. The second kappa shape index (κ2) is 10.3. The molecule has 0 heterocycles. The highest BCUT2D eigenvalue weighted by molar-refractivity contribution is 7.91. The number of hydrogen-bond donors (Lipinski definition) is 2. The first-order valence-electron chi connectivity index (χ1n) is 9.91. The second-order valence-corrected chi connectivity index (χ2v) is 9.75. The number of carbonyl (C=O) groups is 1. The van der Waals surface area contributed by atoms with Crippen LogP contribution in [0.1, 0.15) is 11.1 Å². The van der Waals surface area contributed by atoms with Crippen molar-refractivity contribution in [2.75, 3.05) is 5.88 Å². The summed E-state index contributed by atoms with van der Waals surface area (Å²) in [5, 5.41) is 5.54. The molecule has 0 unspecified atom stereocenters. The largest absolute Gasteiger partial charge is 0.416 e. The van der Waals surface area contributed by atoms with Gasteiger partial charge in [0, 0.05) is 11.6 Å². The van der Waals surface area contributed by atoms with E-state index in [4.69, 9.17) is 11.6 Å². The van der Waals surface area contributed by atoms with E-state index >= 15 is 0 Å². The van der Waals surface area contributed by atoms with Crippen LogP contribution in [0.3, 0.4) is 0 Å². The zero-order chi connectivity index (χ0) is 24.9. The fraction of sp³-hybridized carbons (Fsp3) is 0.125. The van der Waals surface area contributed by atoms with Gasteiger partial charge < -0.3 is 10.6 Å². The van der Waals surface area contributed by atoms with E-state index in [0.29, 0.717) is 21.7 Å². The molecule has 0 aromatic heterocycles. The fourth-order valence-corrected chi connectivity index (χ4v) is 4.20. The number of rotatable bonds is 8. The first-order valence-corrected chi connectivity index (χ1v) is 11.9. The molecule has 0 aliphatic carbocycles. The van der Waals surface area contributed by atoms with Gasteiger partial charge in [-0.15, -0.1) is 0 Å². The lowest BCUT2D eigenvalue weighted by molar-refractivity contribution is -0.137. The summed E-state index contributed by atoms with van der Waals surface area (Å²) in [6.07, 6.45) is -4.41. The Morgan fingerprint density at radius 3 is 2.18 bits per heavy atom. The summed E-state index contributed by atoms with van der Waals surface area (Å²) in [6, 6.07) is 17.4. The summed E-state index contributed by atoms with van der Waals surface area (Å²) in [7, 11) is -3.70. The lowest BCUT2D eigenvalue weighted by atomic mass is 10.0. The van der Waals surface area contributed by atoms with E-state index < -0.39 is 33.4 Å². The smallest absolute Gasteiger partial charge is 0.367 e. The molecule has 0 aliphatic heterocycles. The quantitative estimate of drug-likeness (QED) is 0.411. The molecule has 10 heteroatoms. The molecule has 3 rings (SSSR count). The van der Waals surface area contributed by atoms with Gasteiger partial charge in [-0.05, 0) is 59.2 Å². The number of hydrogen-bond acceptors (Lipinski definition) is 4. The fourth-order valence-electron chi connectivity index (χ4n) is 2.99. The molecular weight excluding hydrogens is 489 g/mol. The molecule has 2 N–H and O–H groups in total. The van der Waals surface area contributed by atoms with Gasteiger partial charge in [0.2, 0.25) is 0 Å². The lowest BCUT2D eigenvalue weighted by Crippen LogP contribution is -2.33. The van der Waals surface area contributed by atoms with Gasteiger partial charge >= 0.3 is 6.18 Å². The Kier molecular flexibility index (Phi) is 7.68. The van der Waals surface area contributed by atoms with Gasteiger partial charge in [-0.2, -0.15) is 13.2 Å². The van der Waals surface area contributed by atoms with E-state index in [1.807, 2.05) is 0 Å². The minimum Gasteiger partial charge on any atom is -0.367 e. The van der Waals surface area contributed by atoms with Crippen molar-refractivity contribution in [1.82, 2.24) is 10.6 Å².